The van der Waals surface area contributed by atoms with Gasteiger partial charge in [0.2, 0.25) is 0 Å². The van der Waals surface area contributed by atoms with E-state index in [1.54, 1.807) is 0 Å². The highest BCUT2D eigenvalue weighted by Crippen LogP contribution is 2.46. The molecule has 0 amide bonds. The lowest BCUT2D eigenvalue weighted by atomic mass is 9.94. The molecule has 0 aliphatic heterocycles. The number of hydrogen-bond donors (Lipinski definition) is 0. The van der Waals surface area contributed by atoms with Gasteiger partial charge in [0.1, 0.15) is 0 Å². The van der Waals surface area contributed by atoms with Crippen molar-refractivity contribution in [3.8, 4) is 33.4 Å². The van der Waals surface area contributed by atoms with E-state index in [2.05, 4.69) is 256 Å². The summed E-state index contributed by atoms with van der Waals surface area (Å²) in [5.74, 6) is 0. The van der Waals surface area contributed by atoms with Crippen molar-refractivity contribution >= 4 is 55.7 Å². The summed E-state index contributed by atoms with van der Waals surface area (Å²) in [6, 6.07) is 79.8. The molecule has 0 aliphatic carbocycles. The second-order valence-corrected chi connectivity index (χ2v) is 16.4. The molecule has 0 atom stereocenters. The van der Waals surface area contributed by atoms with Gasteiger partial charge in [-0.3, -0.25) is 0 Å². The maximum absolute atomic E-state index is 2.43. The fraction of sp³-hybridized carbons (Fsp3) is 0.0667. The summed E-state index contributed by atoms with van der Waals surface area (Å²) in [5, 5.41) is 4.96. The largest absolute Gasteiger partial charge is 0.310 e. The highest BCUT2D eigenvalue weighted by atomic mass is 15.2. The van der Waals surface area contributed by atoms with E-state index in [1.165, 1.54) is 77.2 Å². The van der Waals surface area contributed by atoms with Crippen LogP contribution < -0.4 is 9.80 Å². The van der Waals surface area contributed by atoms with Gasteiger partial charge in [-0.1, -0.05) is 169 Å². The lowest BCUT2D eigenvalue weighted by Crippen LogP contribution is -2.13. The van der Waals surface area contributed by atoms with Crippen LogP contribution in [-0.2, 0) is 0 Å². The Labute approximate surface area is 365 Å². The van der Waals surface area contributed by atoms with Gasteiger partial charge >= 0.3 is 0 Å². The molecule has 0 saturated carbocycles. The number of para-hydroxylation sites is 2. The van der Waals surface area contributed by atoms with E-state index in [0.717, 1.165) is 34.1 Å². The van der Waals surface area contributed by atoms with Crippen LogP contribution in [0.25, 0.3) is 54.9 Å². The summed E-state index contributed by atoms with van der Waals surface area (Å²) in [6.07, 6.45) is 0. The van der Waals surface area contributed by atoms with Crippen LogP contribution in [0, 0.1) is 27.7 Å². The molecule has 2 heteroatoms. The van der Waals surface area contributed by atoms with Gasteiger partial charge in [-0.25, -0.2) is 0 Å². The topological polar surface area (TPSA) is 6.48 Å². The minimum Gasteiger partial charge on any atom is -0.310 e. The molecular weight excluding hydrogens is 749 g/mol. The van der Waals surface area contributed by atoms with Crippen molar-refractivity contribution in [2.45, 2.75) is 27.7 Å². The lowest BCUT2D eigenvalue weighted by molar-refractivity contribution is 1.24. The fourth-order valence-electron chi connectivity index (χ4n) is 9.09. The van der Waals surface area contributed by atoms with Gasteiger partial charge < -0.3 is 9.80 Å². The van der Waals surface area contributed by atoms with Crippen LogP contribution in [0.5, 0.6) is 0 Å². The first kappa shape index (κ1) is 38.5. The molecule has 10 aromatic carbocycles. The molecule has 10 aromatic rings. The van der Waals surface area contributed by atoms with Crippen molar-refractivity contribution in [3.63, 3.8) is 0 Å². The van der Waals surface area contributed by atoms with Crippen molar-refractivity contribution in [3.05, 3.63) is 241 Å². The van der Waals surface area contributed by atoms with E-state index < -0.39 is 0 Å². The summed E-state index contributed by atoms with van der Waals surface area (Å²) >= 11 is 0. The molecule has 10 rings (SSSR count). The highest BCUT2D eigenvalue weighted by molar-refractivity contribution is 6.03. The number of benzene rings is 10. The van der Waals surface area contributed by atoms with Crippen molar-refractivity contribution in [1.29, 1.82) is 0 Å². The Balaban J connectivity index is 1.07. The molecule has 0 aliphatic rings. The second-order valence-electron chi connectivity index (χ2n) is 16.4. The predicted molar refractivity (Wildman–Crippen MR) is 266 cm³/mol. The van der Waals surface area contributed by atoms with Crippen LogP contribution in [-0.4, -0.2) is 0 Å². The SMILES string of the molecule is Cc1ccc(N(c2ccc(-c3ccc(N(c4ccc(C)cc4)c4ccccc4-c4cccc5ccccc45)c(C)c3)cc2C)c2ccccc2-c2cccc3ccccc23)cc1. The lowest BCUT2D eigenvalue weighted by Gasteiger charge is -2.30. The summed E-state index contributed by atoms with van der Waals surface area (Å²) in [4.78, 5) is 4.85. The number of hydrogen-bond acceptors (Lipinski definition) is 2. The Bertz CT molecular complexity index is 3000. The Kier molecular flexibility index (Phi) is 10.2. The molecule has 0 unspecified atom stereocenters. The number of nitrogens with zero attached hydrogens (tertiary/aromatic N) is 2. The summed E-state index contributed by atoms with van der Waals surface area (Å²) in [6.45, 7) is 8.78. The normalized spacial score (nSPS) is 11.2. The summed E-state index contributed by atoms with van der Waals surface area (Å²) < 4.78 is 0. The Morgan fingerprint density at radius 3 is 1.05 bits per heavy atom. The molecule has 0 radical (unpaired) electrons. The maximum atomic E-state index is 2.43. The second kappa shape index (κ2) is 16.4. The van der Waals surface area contributed by atoms with Gasteiger partial charge in [0.15, 0.2) is 0 Å². The van der Waals surface area contributed by atoms with Gasteiger partial charge in [0.25, 0.3) is 0 Å². The molecule has 0 fully saturated rings. The van der Waals surface area contributed by atoms with E-state index in [4.69, 9.17) is 0 Å². The van der Waals surface area contributed by atoms with Gasteiger partial charge in [0, 0.05) is 33.9 Å². The first-order valence-electron chi connectivity index (χ1n) is 21.5. The zero-order chi connectivity index (χ0) is 42.2. The van der Waals surface area contributed by atoms with Crippen LogP contribution in [0.2, 0.25) is 0 Å². The average Bonchev–Trinajstić information content (AvgIpc) is 3.31. The smallest absolute Gasteiger partial charge is 0.0540 e. The predicted octanol–water partition coefficient (Wildman–Crippen LogP) is 17.2. The third kappa shape index (κ3) is 7.20. The van der Waals surface area contributed by atoms with E-state index in [-0.39, 0.29) is 0 Å². The Morgan fingerprint density at radius 1 is 0.274 bits per heavy atom. The third-order valence-electron chi connectivity index (χ3n) is 12.2. The third-order valence-corrected chi connectivity index (χ3v) is 12.2. The zero-order valence-electron chi connectivity index (χ0n) is 35.7. The first-order chi connectivity index (χ1) is 30.4. The van der Waals surface area contributed by atoms with E-state index >= 15 is 0 Å². The molecule has 0 spiro atoms. The number of rotatable bonds is 9. The van der Waals surface area contributed by atoms with Gasteiger partial charge in [-0.2, -0.15) is 0 Å². The molecule has 298 valence electrons. The van der Waals surface area contributed by atoms with Gasteiger partial charge in [0.05, 0.1) is 11.4 Å². The average molecular weight is 797 g/mol. The number of anilines is 6. The Morgan fingerprint density at radius 2 is 0.629 bits per heavy atom. The molecular formula is C60H48N2. The Hall–Kier alpha value is -7.68. The maximum Gasteiger partial charge on any atom is 0.0540 e. The van der Waals surface area contributed by atoms with Crippen molar-refractivity contribution in [2.24, 2.45) is 0 Å². The van der Waals surface area contributed by atoms with Crippen molar-refractivity contribution in [1.82, 2.24) is 0 Å². The number of aryl methyl sites for hydroxylation is 4. The monoisotopic (exact) mass is 796 g/mol. The minimum absolute atomic E-state index is 1.12. The standard InChI is InChI=1S/C60H48N2/c1-41-27-33-49(34-28-41)61(59-25-11-9-21-55(59)53-23-13-17-45-15-5-7-19-51(45)53)57-37-31-47(39-43(57)3)48-32-38-58(44(4)40-48)62(50-35-29-42(2)30-36-50)60-26-12-10-22-56(60)54-24-14-18-46-16-6-8-20-52(46)54/h5-40H,1-4H3. The molecule has 0 bridgehead atoms. The van der Waals surface area contributed by atoms with Crippen molar-refractivity contribution < 1.29 is 0 Å². The summed E-state index contributed by atoms with van der Waals surface area (Å²) in [5.41, 5.74) is 18.9. The molecule has 0 N–H and O–H groups in total. The molecule has 62 heavy (non-hydrogen) atoms. The van der Waals surface area contributed by atoms with Crippen LogP contribution >= 0.6 is 0 Å². The fourth-order valence-corrected chi connectivity index (χ4v) is 9.09. The minimum atomic E-state index is 1.12. The van der Waals surface area contributed by atoms with E-state index in [0.29, 0.717) is 0 Å². The molecule has 0 saturated heterocycles. The van der Waals surface area contributed by atoms with Crippen LogP contribution in [0.15, 0.2) is 218 Å². The molecule has 0 aromatic heterocycles. The number of fused-ring (bicyclic) bond motifs is 2. The highest BCUT2D eigenvalue weighted by Gasteiger charge is 2.22. The van der Waals surface area contributed by atoms with Crippen molar-refractivity contribution in [2.75, 3.05) is 9.80 Å². The van der Waals surface area contributed by atoms with E-state index in [9.17, 15) is 0 Å². The quantitative estimate of drug-likeness (QED) is 0.144. The summed E-state index contributed by atoms with van der Waals surface area (Å²) in [7, 11) is 0. The van der Waals surface area contributed by atoms with E-state index in [1.807, 2.05) is 0 Å². The van der Waals surface area contributed by atoms with Crippen LogP contribution in [0.1, 0.15) is 22.3 Å². The van der Waals surface area contributed by atoms with Crippen LogP contribution in [0.4, 0.5) is 34.1 Å². The van der Waals surface area contributed by atoms with Gasteiger partial charge in [-0.15, -0.1) is 0 Å². The first-order valence-corrected chi connectivity index (χ1v) is 21.5. The molecule has 2 nitrogen and oxygen atoms in total. The molecule has 0 heterocycles. The zero-order valence-corrected chi connectivity index (χ0v) is 35.7. The van der Waals surface area contributed by atoms with Gasteiger partial charge in [-0.05, 0) is 143 Å². The van der Waals surface area contributed by atoms with Crippen LogP contribution in [0.3, 0.4) is 0 Å².